The van der Waals surface area contributed by atoms with E-state index in [4.69, 9.17) is 9.73 Å². The lowest BCUT2D eigenvalue weighted by Crippen LogP contribution is -2.40. The SMILES string of the molecule is CCNC(=NCc1ccccc1OC)NCC1CCN(CC)C1. The molecule has 1 unspecified atom stereocenters. The minimum atomic E-state index is 0.616. The molecule has 0 amide bonds. The topological polar surface area (TPSA) is 48.9 Å². The van der Waals surface area contributed by atoms with Gasteiger partial charge < -0.3 is 20.3 Å². The van der Waals surface area contributed by atoms with Crippen LogP contribution in [0.5, 0.6) is 5.75 Å². The van der Waals surface area contributed by atoms with E-state index in [0.29, 0.717) is 12.5 Å². The van der Waals surface area contributed by atoms with Crippen molar-refractivity contribution < 1.29 is 4.74 Å². The molecule has 2 N–H and O–H groups in total. The number of para-hydroxylation sites is 1. The van der Waals surface area contributed by atoms with E-state index in [2.05, 4.69) is 35.4 Å². The maximum atomic E-state index is 5.39. The Bertz CT molecular complexity index is 504. The molecule has 0 aromatic heterocycles. The fourth-order valence-electron chi connectivity index (χ4n) is 2.95. The Kier molecular flexibility index (Phi) is 7.20. The molecule has 0 radical (unpaired) electrons. The van der Waals surface area contributed by atoms with Gasteiger partial charge in [0.05, 0.1) is 13.7 Å². The number of likely N-dealkylation sites (tertiary alicyclic amines) is 1. The molecule has 0 aliphatic carbocycles. The van der Waals surface area contributed by atoms with Crippen LogP contribution in [0, 0.1) is 5.92 Å². The summed E-state index contributed by atoms with van der Waals surface area (Å²) in [6.07, 6.45) is 1.27. The zero-order valence-electron chi connectivity index (χ0n) is 14.6. The lowest BCUT2D eigenvalue weighted by molar-refractivity contribution is 0.342. The first kappa shape index (κ1) is 17.6. The highest BCUT2D eigenvalue weighted by Gasteiger charge is 2.20. The van der Waals surface area contributed by atoms with Crippen molar-refractivity contribution in [3.63, 3.8) is 0 Å². The number of nitrogens with one attached hydrogen (secondary N) is 2. The van der Waals surface area contributed by atoms with E-state index in [-0.39, 0.29) is 0 Å². The van der Waals surface area contributed by atoms with Crippen molar-refractivity contribution in [1.82, 2.24) is 15.5 Å². The van der Waals surface area contributed by atoms with Gasteiger partial charge in [0.2, 0.25) is 0 Å². The molecule has 23 heavy (non-hydrogen) atoms. The second kappa shape index (κ2) is 9.40. The maximum Gasteiger partial charge on any atom is 0.191 e. The van der Waals surface area contributed by atoms with Crippen molar-refractivity contribution in [1.29, 1.82) is 0 Å². The molecule has 1 aromatic rings. The number of hydrogen-bond acceptors (Lipinski definition) is 3. The van der Waals surface area contributed by atoms with Gasteiger partial charge in [-0.2, -0.15) is 0 Å². The maximum absolute atomic E-state index is 5.39. The molecular formula is C18H30N4O. The van der Waals surface area contributed by atoms with Gasteiger partial charge in [-0.05, 0) is 38.4 Å². The molecule has 2 rings (SSSR count). The van der Waals surface area contributed by atoms with Crippen molar-refractivity contribution in [3.05, 3.63) is 29.8 Å². The molecule has 1 saturated heterocycles. The summed E-state index contributed by atoms with van der Waals surface area (Å²) in [5.41, 5.74) is 1.10. The van der Waals surface area contributed by atoms with Crippen LogP contribution in [0.25, 0.3) is 0 Å². The van der Waals surface area contributed by atoms with Crippen LogP contribution in [0.2, 0.25) is 0 Å². The van der Waals surface area contributed by atoms with Crippen molar-refractivity contribution >= 4 is 5.96 Å². The highest BCUT2D eigenvalue weighted by Crippen LogP contribution is 2.18. The number of aliphatic imine (C=N–C) groups is 1. The number of benzene rings is 1. The van der Waals surface area contributed by atoms with Gasteiger partial charge in [0.15, 0.2) is 5.96 Å². The third kappa shape index (κ3) is 5.43. The van der Waals surface area contributed by atoms with E-state index in [1.807, 2.05) is 18.2 Å². The van der Waals surface area contributed by atoms with Gasteiger partial charge in [-0.3, -0.25) is 0 Å². The first-order valence-electron chi connectivity index (χ1n) is 8.63. The molecular weight excluding hydrogens is 288 g/mol. The van der Waals surface area contributed by atoms with E-state index >= 15 is 0 Å². The summed E-state index contributed by atoms with van der Waals surface area (Å²) in [7, 11) is 1.70. The lowest BCUT2D eigenvalue weighted by atomic mass is 10.1. The zero-order valence-corrected chi connectivity index (χ0v) is 14.6. The average molecular weight is 318 g/mol. The monoisotopic (exact) mass is 318 g/mol. The Morgan fingerprint density at radius 1 is 1.30 bits per heavy atom. The first-order chi connectivity index (χ1) is 11.3. The third-order valence-corrected chi connectivity index (χ3v) is 4.32. The number of hydrogen-bond donors (Lipinski definition) is 2. The van der Waals surface area contributed by atoms with Crippen LogP contribution in [-0.2, 0) is 6.54 Å². The Hall–Kier alpha value is -1.75. The third-order valence-electron chi connectivity index (χ3n) is 4.32. The molecule has 1 aromatic carbocycles. The van der Waals surface area contributed by atoms with Gasteiger partial charge in [-0.1, -0.05) is 25.1 Å². The quantitative estimate of drug-likeness (QED) is 0.597. The second-order valence-corrected chi connectivity index (χ2v) is 5.94. The average Bonchev–Trinajstić information content (AvgIpc) is 3.05. The largest absolute Gasteiger partial charge is 0.496 e. The molecule has 1 atom stereocenters. The molecule has 1 fully saturated rings. The van der Waals surface area contributed by atoms with Gasteiger partial charge in [-0.15, -0.1) is 0 Å². The van der Waals surface area contributed by atoms with Crippen LogP contribution in [0.4, 0.5) is 0 Å². The van der Waals surface area contributed by atoms with Gasteiger partial charge in [0, 0.05) is 25.2 Å². The Morgan fingerprint density at radius 3 is 2.83 bits per heavy atom. The molecule has 0 spiro atoms. The summed E-state index contributed by atoms with van der Waals surface area (Å²) < 4.78 is 5.39. The van der Waals surface area contributed by atoms with Crippen LogP contribution in [0.15, 0.2) is 29.3 Å². The fraction of sp³-hybridized carbons (Fsp3) is 0.611. The van der Waals surface area contributed by atoms with E-state index in [1.165, 1.54) is 19.5 Å². The molecule has 0 bridgehead atoms. The van der Waals surface area contributed by atoms with E-state index in [1.54, 1.807) is 7.11 Å². The highest BCUT2D eigenvalue weighted by atomic mass is 16.5. The van der Waals surface area contributed by atoms with Gasteiger partial charge in [-0.25, -0.2) is 4.99 Å². The van der Waals surface area contributed by atoms with E-state index in [0.717, 1.165) is 36.9 Å². The van der Waals surface area contributed by atoms with Gasteiger partial charge >= 0.3 is 0 Å². The van der Waals surface area contributed by atoms with Crippen molar-refractivity contribution in [2.24, 2.45) is 10.9 Å². The Morgan fingerprint density at radius 2 is 2.13 bits per heavy atom. The first-order valence-corrected chi connectivity index (χ1v) is 8.63. The Labute approximate surface area is 140 Å². The Balaban J connectivity index is 1.89. The van der Waals surface area contributed by atoms with E-state index in [9.17, 15) is 0 Å². The molecule has 1 heterocycles. The molecule has 128 valence electrons. The second-order valence-electron chi connectivity index (χ2n) is 5.94. The molecule has 1 aliphatic rings. The summed E-state index contributed by atoms with van der Waals surface area (Å²) >= 11 is 0. The smallest absolute Gasteiger partial charge is 0.191 e. The van der Waals surface area contributed by atoms with Crippen LogP contribution in [0.3, 0.4) is 0 Å². The minimum absolute atomic E-state index is 0.616. The summed E-state index contributed by atoms with van der Waals surface area (Å²) in [5.74, 6) is 2.49. The van der Waals surface area contributed by atoms with E-state index < -0.39 is 0 Å². The number of guanidine groups is 1. The van der Waals surface area contributed by atoms with Crippen LogP contribution in [0.1, 0.15) is 25.8 Å². The van der Waals surface area contributed by atoms with Crippen molar-refractivity contribution in [2.45, 2.75) is 26.8 Å². The van der Waals surface area contributed by atoms with Crippen LogP contribution < -0.4 is 15.4 Å². The highest BCUT2D eigenvalue weighted by molar-refractivity contribution is 5.79. The van der Waals surface area contributed by atoms with Crippen molar-refractivity contribution in [2.75, 3.05) is 39.8 Å². The predicted octanol–water partition coefficient (Wildman–Crippen LogP) is 2.09. The summed E-state index contributed by atoms with van der Waals surface area (Å²) in [5, 5.41) is 6.81. The number of methoxy groups -OCH3 is 1. The minimum Gasteiger partial charge on any atom is -0.496 e. The number of ether oxygens (including phenoxy) is 1. The molecule has 5 heteroatoms. The molecule has 1 aliphatic heterocycles. The summed E-state index contributed by atoms with van der Waals surface area (Å²) in [6.45, 7) is 10.3. The van der Waals surface area contributed by atoms with Crippen LogP contribution >= 0.6 is 0 Å². The molecule has 0 saturated carbocycles. The summed E-state index contributed by atoms with van der Waals surface area (Å²) in [4.78, 5) is 7.20. The van der Waals surface area contributed by atoms with Gasteiger partial charge in [0.25, 0.3) is 0 Å². The lowest BCUT2D eigenvalue weighted by Gasteiger charge is -2.16. The van der Waals surface area contributed by atoms with Crippen LogP contribution in [-0.4, -0.2) is 50.7 Å². The predicted molar refractivity (Wildman–Crippen MR) is 96.0 cm³/mol. The number of rotatable bonds is 7. The summed E-state index contributed by atoms with van der Waals surface area (Å²) in [6, 6.07) is 8.03. The van der Waals surface area contributed by atoms with Crippen molar-refractivity contribution in [3.8, 4) is 5.75 Å². The standard InChI is InChI=1S/C18H30N4O/c1-4-19-18(20-12-15-10-11-22(5-2)14-15)21-13-16-8-6-7-9-17(16)23-3/h6-9,15H,4-5,10-14H2,1-3H3,(H2,19,20,21). The zero-order chi connectivity index (χ0) is 16.5. The normalized spacial score (nSPS) is 18.9. The fourth-order valence-corrected chi connectivity index (χ4v) is 2.95. The number of nitrogens with zero attached hydrogens (tertiary/aromatic N) is 2. The van der Waals surface area contributed by atoms with Gasteiger partial charge in [0.1, 0.15) is 5.75 Å². The molecule has 5 nitrogen and oxygen atoms in total.